The smallest absolute Gasteiger partial charge is 0.125 e. The third kappa shape index (κ3) is 3.45. The zero-order chi connectivity index (χ0) is 13.0. The second kappa shape index (κ2) is 5.38. The molecule has 0 fully saturated rings. The highest BCUT2D eigenvalue weighted by Gasteiger charge is 2.19. The predicted octanol–water partition coefficient (Wildman–Crippen LogP) is 2.70. The average Bonchev–Trinajstić information content (AvgIpc) is 2.83. The van der Waals surface area contributed by atoms with Gasteiger partial charge in [0.05, 0.1) is 12.3 Å². The molecule has 18 heavy (non-hydrogen) atoms. The second-order valence-electron chi connectivity index (χ2n) is 5.23. The molecule has 3 N–H and O–H groups in total. The molecule has 2 rings (SSSR count). The van der Waals surface area contributed by atoms with E-state index in [9.17, 15) is 0 Å². The van der Waals surface area contributed by atoms with Gasteiger partial charge in [-0.1, -0.05) is 30.3 Å². The van der Waals surface area contributed by atoms with E-state index >= 15 is 0 Å². The zero-order valence-electron chi connectivity index (χ0n) is 10.9. The van der Waals surface area contributed by atoms with Gasteiger partial charge in [-0.2, -0.15) is 0 Å². The predicted molar refractivity (Wildman–Crippen MR) is 73.3 cm³/mol. The molecule has 0 radical (unpaired) electrons. The highest BCUT2D eigenvalue weighted by atomic mass is 16.3. The molecule has 0 saturated carbocycles. The van der Waals surface area contributed by atoms with E-state index in [2.05, 4.69) is 17.4 Å². The molecule has 0 amide bonds. The summed E-state index contributed by atoms with van der Waals surface area (Å²) in [5.41, 5.74) is 6.95. The zero-order valence-corrected chi connectivity index (χ0v) is 10.9. The number of nitrogens with one attached hydrogen (secondary N) is 1. The maximum atomic E-state index is 6.02. The fraction of sp³-hybridized carbons (Fsp3) is 0.333. The molecular formula is C15H20N2O. The Balaban J connectivity index is 2.19. The van der Waals surface area contributed by atoms with Crippen LogP contribution in [0, 0.1) is 0 Å². The van der Waals surface area contributed by atoms with E-state index in [-0.39, 0.29) is 11.6 Å². The number of nitrogens with two attached hydrogens (primary N) is 1. The highest BCUT2D eigenvalue weighted by molar-refractivity contribution is 5.26. The van der Waals surface area contributed by atoms with Gasteiger partial charge < -0.3 is 15.5 Å². The summed E-state index contributed by atoms with van der Waals surface area (Å²) in [4.78, 5) is 0. The Morgan fingerprint density at radius 1 is 1.17 bits per heavy atom. The SMILES string of the molecule is CC(C)(N)CNC(c1ccccc1)c1ccco1. The van der Waals surface area contributed by atoms with Crippen LogP contribution in [0.1, 0.15) is 31.2 Å². The Kier molecular flexibility index (Phi) is 3.84. The topological polar surface area (TPSA) is 51.2 Å². The molecule has 0 saturated heterocycles. The third-order valence-electron chi connectivity index (χ3n) is 2.72. The Labute approximate surface area is 108 Å². The average molecular weight is 244 g/mol. The number of furan rings is 1. The normalized spacial score (nSPS) is 13.5. The Morgan fingerprint density at radius 3 is 2.44 bits per heavy atom. The molecule has 0 aliphatic rings. The van der Waals surface area contributed by atoms with Crippen molar-refractivity contribution in [1.82, 2.24) is 5.32 Å². The van der Waals surface area contributed by atoms with Crippen LogP contribution in [0.25, 0.3) is 0 Å². The first kappa shape index (κ1) is 12.9. The molecule has 1 heterocycles. The summed E-state index contributed by atoms with van der Waals surface area (Å²) < 4.78 is 5.51. The summed E-state index contributed by atoms with van der Waals surface area (Å²) in [5, 5.41) is 3.46. The summed E-state index contributed by atoms with van der Waals surface area (Å²) >= 11 is 0. The van der Waals surface area contributed by atoms with Crippen LogP contribution in [-0.2, 0) is 0 Å². The van der Waals surface area contributed by atoms with Gasteiger partial charge in [0.1, 0.15) is 5.76 Å². The Morgan fingerprint density at radius 2 is 1.89 bits per heavy atom. The van der Waals surface area contributed by atoms with E-state index in [1.54, 1.807) is 6.26 Å². The van der Waals surface area contributed by atoms with E-state index in [0.29, 0.717) is 6.54 Å². The summed E-state index contributed by atoms with van der Waals surface area (Å²) in [6.07, 6.45) is 1.69. The van der Waals surface area contributed by atoms with Crippen LogP contribution in [0.15, 0.2) is 53.1 Å². The van der Waals surface area contributed by atoms with Gasteiger partial charge in [-0.25, -0.2) is 0 Å². The van der Waals surface area contributed by atoms with Gasteiger partial charge in [0.2, 0.25) is 0 Å². The fourth-order valence-corrected chi connectivity index (χ4v) is 1.85. The van der Waals surface area contributed by atoms with Gasteiger partial charge >= 0.3 is 0 Å². The van der Waals surface area contributed by atoms with Crippen molar-refractivity contribution in [3.63, 3.8) is 0 Å². The first-order valence-corrected chi connectivity index (χ1v) is 6.17. The molecule has 0 aliphatic carbocycles. The summed E-state index contributed by atoms with van der Waals surface area (Å²) in [6.45, 7) is 4.72. The molecule has 0 aliphatic heterocycles. The quantitative estimate of drug-likeness (QED) is 0.850. The minimum atomic E-state index is -0.250. The maximum Gasteiger partial charge on any atom is 0.125 e. The van der Waals surface area contributed by atoms with Crippen LogP contribution in [0.2, 0.25) is 0 Å². The van der Waals surface area contributed by atoms with Gasteiger partial charge in [0.25, 0.3) is 0 Å². The summed E-state index contributed by atoms with van der Waals surface area (Å²) in [5.74, 6) is 0.908. The third-order valence-corrected chi connectivity index (χ3v) is 2.72. The van der Waals surface area contributed by atoms with Crippen molar-refractivity contribution in [2.75, 3.05) is 6.54 Å². The number of hydrogen-bond acceptors (Lipinski definition) is 3. The van der Waals surface area contributed by atoms with Gasteiger partial charge in [-0.3, -0.25) is 0 Å². The van der Waals surface area contributed by atoms with Crippen LogP contribution in [-0.4, -0.2) is 12.1 Å². The molecule has 96 valence electrons. The molecule has 1 aromatic heterocycles. The van der Waals surface area contributed by atoms with Crippen molar-refractivity contribution < 1.29 is 4.42 Å². The van der Waals surface area contributed by atoms with Gasteiger partial charge in [-0.15, -0.1) is 0 Å². The lowest BCUT2D eigenvalue weighted by Crippen LogP contribution is -2.44. The van der Waals surface area contributed by atoms with Gasteiger partial charge in [0, 0.05) is 12.1 Å². The lowest BCUT2D eigenvalue weighted by molar-refractivity contribution is 0.400. The van der Waals surface area contributed by atoms with Crippen LogP contribution in [0.4, 0.5) is 0 Å². The molecule has 1 atom stereocenters. The van der Waals surface area contributed by atoms with E-state index in [1.165, 1.54) is 5.56 Å². The highest BCUT2D eigenvalue weighted by Crippen LogP contribution is 2.22. The Bertz CT molecular complexity index is 457. The number of hydrogen-bond donors (Lipinski definition) is 2. The molecule has 3 heteroatoms. The van der Waals surface area contributed by atoms with Crippen molar-refractivity contribution in [3.05, 3.63) is 60.1 Å². The van der Waals surface area contributed by atoms with Gasteiger partial charge in [-0.05, 0) is 31.5 Å². The van der Waals surface area contributed by atoms with Crippen molar-refractivity contribution in [1.29, 1.82) is 0 Å². The van der Waals surface area contributed by atoms with Crippen LogP contribution in [0.3, 0.4) is 0 Å². The minimum absolute atomic E-state index is 0.0454. The number of benzene rings is 1. The lowest BCUT2D eigenvalue weighted by atomic mass is 10.0. The molecule has 2 aromatic rings. The molecule has 0 bridgehead atoms. The minimum Gasteiger partial charge on any atom is -0.467 e. The molecule has 3 nitrogen and oxygen atoms in total. The number of rotatable bonds is 5. The van der Waals surface area contributed by atoms with Gasteiger partial charge in [0.15, 0.2) is 0 Å². The Hall–Kier alpha value is -1.58. The second-order valence-corrected chi connectivity index (χ2v) is 5.23. The molecule has 1 aromatic carbocycles. The maximum absolute atomic E-state index is 6.02. The monoisotopic (exact) mass is 244 g/mol. The standard InChI is InChI=1S/C15H20N2O/c1-15(2,16)11-17-14(13-9-6-10-18-13)12-7-4-3-5-8-12/h3-10,14,17H,11,16H2,1-2H3. The van der Waals surface area contributed by atoms with E-state index in [1.807, 2.05) is 44.2 Å². The van der Waals surface area contributed by atoms with E-state index in [0.717, 1.165) is 5.76 Å². The van der Waals surface area contributed by atoms with Crippen LogP contribution < -0.4 is 11.1 Å². The molecule has 0 spiro atoms. The lowest BCUT2D eigenvalue weighted by Gasteiger charge is -2.24. The summed E-state index contributed by atoms with van der Waals surface area (Å²) in [7, 11) is 0. The van der Waals surface area contributed by atoms with E-state index in [4.69, 9.17) is 10.2 Å². The molecular weight excluding hydrogens is 224 g/mol. The van der Waals surface area contributed by atoms with Crippen molar-refractivity contribution in [2.24, 2.45) is 5.73 Å². The van der Waals surface area contributed by atoms with Crippen LogP contribution in [0.5, 0.6) is 0 Å². The fourth-order valence-electron chi connectivity index (χ4n) is 1.85. The first-order valence-electron chi connectivity index (χ1n) is 6.17. The van der Waals surface area contributed by atoms with Crippen molar-refractivity contribution in [3.8, 4) is 0 Å². The van der Waals surface area contributed by atoms with Crippen molar-refractivity contribution >= 4 is 0 Å². The van der Waals surface area contributed by atoms with Crippen molar-refractivity contribution in [2.45, 2.75) is 25.4 Å². The van der Waals surface area contributed by atoms with E-state index < -0.39 is 0 Å². The summed E-state index contributed by atoms with van der Waals surface area (Å²) in [6, 6.07) is 14.2. The first-order chi connectivity index (χ1) is 8.56. The van der Waals surface area contributed by atoms with Crippen LogP contribution >= 0.6 is 0 Å². The largest absolute Gasteiger partial charge is 0.467 e. The molecule has 1 unspecified atom stereocenters.